The zero-order valence-electron chi connectivity index (χ0n) is 10.8. The Bertz CT molecular complexity index is 490. The van der Waals surface area contributed by atoms with Crippen LogP contribution in [-0.2, 0) is 4.79 Å². The number of carbonyl (C=O) groups is 1. The van der Waals surface area contributed by atoms with Gasteiger partial charge in [-0.2, -0.15) is 0 Å². The molecule has 1 aromatic rings. The maximum atomic E-state index is 11.3. The van der Waals surface area contributed by atoms with Gasteiger partial charge in [0.15, 0.2) is 11.5 Å². The van der Waals surface area contributed by atoms with Gasteiger partial charge in [0.1, 0.15) is 13.2 Å². The van der Waals surface area contributed by atoms with Gasteiger partial charge in [0.25, 0.3) is 0 Å². The monoisotopic (exact) mass is 262 g/mol. The third kappa shape index (κ3) is 2.45. The molecule has 1 aromatic carbocycles. The fraction of sp³-hybridized carbons (Fsp3) is 0.500. The molecule has 1 unspecified atom stereocenters. The molecule has 0 saturated carbocycles. The fourth-order valence-corrected chi connectivity index (χ4v) is 2.67. The number of carbonyl (C=O) groups excluding carboxylic acids is 1. The molecular formula is C14H18N2O3. The van der Waals surface area contributed by atoms with Crippen molar-refractivity contribution in [2.75, 3.05) is 31.2 Å². The molecule has 5 nitrogen and oxygen atoms in total. The molecular weight excluding hydrogens is 244 g/mol. The Hall–Kier alpha value is -1.91. The van der Waals surface area contributed by atoms with Crippen molar-refractivity contribution in [1.82, 2.24) is 0 Å². The Balaban J connectivity index is 1.79. The molecule has 0 aromatic heterocycles. The van der Waals surface area contributed by atoms with Crippen molar-refractivity contribution in [2.24, 2.45) is 11.7 Å². The second-order valence-electron chi connectivity index (χ2n) is 5.02. The van der Waals surface area contributed by atoms with Gasteiger partial charge in [-0.25, -0.2) is 0 Å². The molecule has 1 amide bonds. The van der Waals surface area contributed by atoms with E-state index in [0.717, 1.165) is 36.6 Å². The zero-order valence-corrected chi connectivity index (χ0v) is 10.8. The molecule has 1 fully saturated rings. The van der Waals surface area contributed by atoms with Crippen molar-refractivity contribution in [3.63, 3.8) is 0 Å². The molecule has 0 spiro atoms. The van der Waals surface area contributed by atoms with Gasteiger partial charge in [-0.1, -0.05) is 0 Å². The number of nitrogens with two attached hydrogens (primary N) is 1. The maximum absolute atomic E-state index is 11.3. The molecule has 5 heteroatoms. The molecule has 102 valence electrons. The number of anilines is 1. The van der Waals surface area contributed by atoms with E-state index in [0.29, 0.717) is 19.8 Å². The van der Waals surface area contributed by atoms with Crippen LogP contribution < -0.4 is 20.1 Å². The van der Waals surface area contributed by atoms with Gasteiger partial charge in [0, 0.05) is 24.8 Å². The molecule has 0 bridgehead atoms. The average molecular weight is 262 g/mol. The van der Waals surface area contributed by atoms with Crippen molar-refractivity contribution in [1.29, 1.82) is 0 Å². The molecule has 2 aliphatic rings. The van der Waals surface area contributed by atoms with E-state index in [9.17, 15) is 4.79 Å². The summed E-state index contributed by atoms with van der Waals surface area (Å²) in [6.45, 7) is 2.82. The van der Waals surface area contributed by atoms with E-state index in [-0.39, 0.29) is 11.8 Å². The molecule has 0 radical (unpaired) electrons. The summed E-state index contributed by atoms with van der Waals surface area (Å²) in [6.07, 6.45) is 1.87. The van der Waals surface area contributed by atoms with Gasteiger partial charge in [-0.3, -0.25) is 4.79 Å². The van der Waals surface area contributed by atoms with E-state index in [1.54, 1.807) is 0 Å². The lowest BCUT2D eigenvalue weighted by Crippen LogP contribution is -2.41. The number of piperidine rings is 1. The van der Waals surface area contributed by atoms with Crippen LogP contribution in [0.3, 0.4) is 0 Å². The van der Waals surface area contributed by atoms with E-state index in [2.05, 4.69) is 4.90 Å². The number of primary amides is 1. The molecule has 2 N–H and O–H groups in total. The Labute approximate surface area is 112 Å². The molecule has 3 rings (SSSR count). The number of benzene rings is 1. The van der Waals surface area contributed by atoms with E-state index < -0.39 is 0 Å². The second-order valence-corrected chi connectivity index (χ2v) is 5.02. The van der Waals surface area contributed by atoms with Gasteiger partial charge in [-0.15, -0.1) is 0 Å². The first kappa shape index (κ1) is 12.1. The standard InChI is InChI=1S/C14H18N2O3/c15-14(17)10-2-1-5-16(9-10)11-3-4-12-13(8-11)19-7-6-18-12/h3-4,8,10H,1-2,5-7,9H2,(H2,15,17). The topological polar surface area (TPSA) is 64.8 Å². The van der Waals surface area contributed by atoms with Crippen LogP contribution in [0.1, 0.15) is 12.8 Å². The molecule has 2 aliphatic heterocycles. The summed E-state index contributed by atoms with van der Waals surface area (Å²) in [5.41, 5.74) is 6.47. The van der Waals surface area contributed by atoms with Crippen molar-refractivity contribution in [3.8, 4) is 11.5 Å². The number of amides is 1. The minimum Gasteiger partial charge on any atom is -0.486 e. The highest BCUT2D eigenvalue weighted by molar-refractivity contribution is 5.77. The maximum Gasteiger partial charge on any atom is 0.222 e. The second kappa shape index (κ2) is 4.99. The van der Waals surface area contributed by atoms with Crippen LogP contribution in [-0.4, -0.2) is 32.2 Å². The van der Waals surface area contributed by atoms with E-state index >= 15 is 0 Å². The van der Waals surface area contributed by atoms with Crippen molar-refractivity contribution >= 4 is 11.6 Å². The number of hydrogen-bond donors (Lipinski definition) is 1. The first-order chi connectivity index (χ1) is 9.24. The summed E-state index contributed by atoms with van der Waals surface area (Å²) in [6, 6.07) is 5.92. The van der Waals surface area contributed by atoms with Crippen LogP contribution in [0.25, 0.3) is 0 Å². The lowest BCUT2D eigenvalue weighted by Gasteiger charge is -2.33. The quantitative estimate of drug-likeness (QED) is 0.868. The smallest absolute Gasteiger partial charge is 0.222 e. The van der Waals surface area contributed by atoms with E-state index in [1.165, 1.54) is 0 Å². The van der Waals surface area contributed by atoms with E-state index in [4.69, 9.17) is 15.2 Å². The molecule has 19 heavy (non-hydrogen) atoms. The molecule has 1 saturated heterocycles. The predicted molar refractivity (Wildman–Crippen MR) is 71.6 cm³/mol. The number of hydrogen-bond acceptors (Lipinski definition) is 4. The summed E-state index contributed by atoms with van der Waals surface area (Å²) in [7, 11) is 0. The normalized spacial score (nSPS) is 22.1. The van der Waals surface area contributed by atoms with Crippen molar-refractivity contribution in [3.05, 3.63) is 18.2 Å². The van der Waals surface area contributed by atoms with Crippen LogP contribution >= 0.6 is 0 Å². The Morgan fingerprint density at radius 1 is 1.26 bits per heavy atom. The van der Waals surface area contributed by atoms with Crippen LogP contribution in [0.5, 0.6) is 11.5 Å². The summed E-state index contributed by atoms with van der Waals surface area (Å²) < 4.78 is 11.1. The number of rotatable bonds is 2. The molecule has 1 atom stereocenters. The van der Waals surface area contributed by atoms with Gasteiger partial charge in [0.2, 0.25) is 5.91 Å². The number of fused-ring (bicyclic) bond motifs is 1. The van der Waals surface area contributed by atoms with Gasteiger partial charge >= 0.3 is 0 Å². The third-order valence-corrected chi connectivity index (χ3v) is 3.71. The van der Waals surface area contributed by atoms with Gasteiger partial charge in [0.05, 0.1) is 5.92 Å². The summed E-state index contributed by atoms with van der Waals surface area (Å²) in [5.74, 6) is 1.31. The largest absolute Gasteiger partial charge is 0.486 e. The lowest BCUT2D eigenvalue weighted by molar-refractivity contribution is -0.122. The first-order valence-electron chi connectivity index (χ1n) is 6.68. The van der Waals surface area contributed by atoms with Crippen LogP contribution in [0.4, 0.5) is 5.69 Å². The van der Waals surface area contributed by atoms with Gasteiger partial charge in [-0.05, 0) is 25.0 Å². The molecule has 0 aliphatic carbocycles. The predicted octanol–water partition coefficient (Wildman–Crippen LogP) is 1.16. The Morgan fingerprint density at radius 3 is 2.84 bits per heavy atom. The summed E-state index contributed by atoms with van der Waals surface area (Å²) in [4.78, 5) is 13.5. The number of ether oxygens (including phenoxy) is 2. The Morgan fingerprint density at radius 2 is 2.05 bits per heavy atom. The zero-order chi connectivity index (χ0) is 13.2. The highest BCUT2D eigenvalue weighted by Gasteiger charge is 2.25. The van der Waals surface area contributed by atoms with Crippen molar-refractivity contribution in [2.45, 2.75) is 12.8 Å². The SMILES string of the molecule is NC(=O)C1CCCN(c2ccc3c(c2)OCCO3)C1. The molecule has 2 heterocycles. The first-order valence-corrected chi connectivity index (χ1v) is 6.68. The number of nitrogens with zero attached hydrogens (tertiary/aromatic N) is 1. The Kier molecular flexibility index (Phi) is 3.19. The minimum absolute atomic E-state index is 0.0537. The van der Waals surface area contributed by atoms with E-state index in [1.807, 2.05) is 18.2 Å². The summed E-state index contributed by atoms with van der Waals surface area (Å²) >= 11 is 0. The van der Waals surface area contributed by atoms with Crippen LogP contribution in [0.2, 0.25) is 0 Å². The highest BCUT2D eigenvalue weighted by Crippen LogP contribution is 2.35. The van der Waals surface area contributed by atoms with Crippen molar-refractivity contribution < 1.29 is 14.3 Å². The lowest BCUT2D eigenvalue weighted by atomic mass is 9.97. The third-order valence-electron chi connectivity index (χ3n) is 3.71. The summed E-state index contributed by atoms with van der Waals surface area (Å²) in [5, 5.41) is 0. The minimum atomic E-state index is -0.206. The fourth-order valence-electron chi connectivity index (χ4n) is 2.67. The van der Waals surface area contributed by atoms with Crippen LogP contribution in [0.15, 0.2) is 18.2 Å². The highest BCUT2D eigenvalue weighted by atomic mass is 16.6. The van der Waals surface area contributed by atoms with Gasteiger partial charge < -0.3 is 20.1 Å². The van der Waals surface area contributed by atoms with Crippen LogP contribution in [0, 0.1) is 5.92 Å². The average Bonchev–Trinajstić information content (AvgIpc) is 2.47.